The summed E-state index contributed by atoms with van der Waals surface area (Å²) in [5, 5.41) is 3.18. The molecule has 1 N–H and O–H groups in total. The first-order valence-corrected chi connectivity index (χ1v) is 14.8. The number of hydrogen-bond donors (Lipinski definition) is 1. The summed E-state index contributed by atoms with van der Waals surface area (Å²) in [5.41, 5.74) is 0.640. The zero-order valence-corrected chi connectivity index (χ0v) is 24.4. The van der Waals surface area contributed by atoms with E-state index >= 15 is 0 Å². The van der Waals surface area contributed by atoms with Crippen molar-refractivity contribution in [3.8, 4) is 11.5 Å². The van der Waals surface area contributed by atoms with Crippen LogP contribution in [0.25, 0.3) is 0 Å². The third-order valence-electron chi connectivity index (χ3n) is 6.39. The summed E-state index contributed by atoms with van der Waals surface area (Å²) in [6, 6.07) is 14.6. The van der Waals surface area contributed by atoms with Crippen molar-refractivity contribution in [2.75, 3.05) is 24.1 Å². The molecular weight excluding hydrogens is 573 g/mol. The molecule has 0 aliphatic carbocycles. The Labute approximate surface area is 243 Å². The van der Waals surface area contributed by atoms with Crippen LogP contribution in [0.15, 0.2) is 71.6 Å². The molecule has 12 heteroatoms. The highest BCUT2D eigenvalue weighted by Crippen LogP contribution is 2.34. The van der Waals surface area contributed by atoms with Gasteiger partial charge in [-0.05, 0) is 68.8 Å². The lowest BCUT2D eigenvalue weighted by Gasteiger charge is -2.32. The van der Waals surface area contributed by atoms with Crippen molar-refractivity contribution in [2.24, 2.45) is 0 Å². The first-order valence-electron chi connectivity index (χ1n) is 13.0. The number of nitrogens with one attached hydrogen (secondary N) is 1. The van der Waals surface area contributed by atoms with Gasteiger partial charge in [0.25, 0.3) is 10.0 Å². The maximum Gasteiger partial charge on any atom is 0.264 e. The molecule has 4 rings (SSSR count). The smallest absolute Gasteiger partial charge is 0.264 e. The molecule has 1 heterocycles. The normalized spacial score (nSPS) is 13.4. The Morgan fingerprint density at radius 1 is 0.976 bits per heavy atom. The average Bonchev–Trinajstić information content (AvgIpc) is 2.95. The summed E-state index contributed by atoms with van der Waals surface area (Å²) in [5.74, 6) is -1.00. The number of fused-ring (bicyclic) bond motifs is 1. The third-order valence-corrected chi connectivity index (χ3v) is 8.53. The Hall–Kier alpha value is -3.83. The summed E-state index contributed by atoms with van der Waals surface area (Å²) >= 11 is 6.37. The minimum Gasteiger partial charge on any atom is -0.486 e. The monoisotopic (exact) mass is 603 g/mol. The van der Waals surface area contributed by atoms with Crippen LogP contribution in [0.3, 0.4) is 0 Å². The highest BCUT2D eigenvalue weighted by Gasteiger charge is 2.33. The molecule has 9 nitrogen and oxygen atoms in total. The van der Waals surface area contributed by atoms with Crippen LogP contribution in [0.5, 0.6) is 11.5 Å². The van der Waals surface area contributed by atoms with Gasteiger partial charge in [0.1, 0.15) is 31.6 Å². The fourth-order valence-electron chi connectivity index (χ4n) is 4.25. The second-order valence-corrected chi connectivity index (χ2v) is 12.0. The Morgan fingerprint density at radius 3 is 2.29 bits per heavy atom. The molecule has 0 saturated carbocycles. The van der Waals surface area contributed by atoms with Crippen LogP contribution in [-0.4, -0.2) is 57.0 Å². The molecule has 3 aromatic carbocycles. The minimum absolute atomic E-state index is 0.0491. The molecule has 0 bridgehead atoms. The second-order valence-electron chi connectivity index (χ2n) is 9.75. The van der Waals surface area contributed by atoms with Crippen LogP contribution in [0, 0.1) is 5.82 Å². The van der Waals surface area contributed by atoms with Gasteiger partial charge in [-0.1, -0.05) is 29.8 Å². The van der Waals surface area contributed by atoms with E-state index in [-0.39, 0.29) is 35.5 Å². The number of hydrogen-bond acceptors (Lipinski definition) is 6. The molecule has 0 spiro atoms. The lowest BCUT2D eigenvalue weighted by molar-refractivity contribution is -0.139. The molecule has 1 atom stereocenters. The number of ether oxygens (including phenoxy) is 2. The summed E-state index contributed by atoms with van der Waals surface area (Å²) in [4.78, 5) is 28.0. The van der Waals surface area contributed by atoms with Crippen LogP contribution in [-0.2, 0) is 26.2 Å². The maximum absolute atomic E-state index is 14.0. The number of halogens is 2. The quantitative estimate of drug-likeness (QED) is 0.369. The first-order chi connectivity index (χ1) is 19.5. The second kappa shape index (κ2) is 12.8. The van der Waals surface area contributed by atoms with Crippen molar-refractivity contribution in [1.82, 2.24) is 10.2 Å². The van der Waals surface area contributed by atoms with Gasteiger partial charge in [-0.2, -0.15) is 0 Å². The summed E-state index contributed by atoms with van der Waals surface area (Å²) in [6.45, 7) is 5.01. The highest BCUT2D eigenvalue weighted by atomic mass is 35.5. The Balaban J connectivity index is 1.73. The molecule has 2 amide bonds. The summed E-state index contributed by atoms with van der Waals surface area (Å²) in [6.07, 6.45) is 0. The van der Waals surface area contributed by atoms with E-state index < -0.39 is 40.2 Å². The Bertz CT molecular complexity index is 1520. The van der Waals surface area contributed by atoms with Crippen LogP contribution in [0.2, 0.25) is 5.02 Å². The summed E-state index contributed by atoms with van der Waals surface area (Å²) in [7, 11) is -4.37. The van der Waals surface area contributed by atoms with Gasteiger partial charge in [0.15, 0.2) is 11.5 Å². The number of rotatable bonds is 10. The predicted molar refractivity (Wildman–Crippen MR) is 153 cm³/mol. The van der Waals surface area contributed by atoms with Gasteiger partial charge in [-0.3, -0.25) is 13.9 Å². The van der Waals surface area contributed by atoms with E-state index in [0.717, 1.165) is 16.4 Å². The fourth-order valence-corrected chi connectivity index (χ4v) is 5.87. The Morgan fingerprint density at radius 2 is 1.63 bits per heavy atom. The average molecular weight is 604 g/mol. The van der Waals surface area contributed by atoms with Gasteiger partial charge in [-0.25, -0.2) is 12.8 Å². The van der Waals surface area contributed by atoms with E-state index in [0.29, 0.717) is 22.9 Å². The number of sulfonamides is 1. The molecule has 0 radical (unpaired) electrons. The molecule has 41 heavy (non-hydrogen) atoms. The molecule has 1 aliphatic rings. The Kier molecular flexibility index (Phi) is 9.39. The largest absolute Gasteiger partial charge is 0.486 e. The van der Waals surface area contributed by atoms with Gasteiger partial charge in [-0.15, -0.1) is 0 Å². The predicted octanol–water partition coefficient (Wildman–Crippen LogP) is 4.39. The van der Waals surface area contributed by atoms with Crippen molar-refractivity contribution >= 4 is 39.1 Å². The van der Waals surface area contributed by atoms with Crippen molar-refractivity contribution in [1.29, 1.82) is 0 Å². The van der Waals surface area contributed by atoms with Crippen molar-refractivity contribution in [2.45, 2.75) is 44.3 Å². The number of anilines is 1. The SMILES string of the molecule is CC(C)NC(=O)[C@@H](C)N(Cc1ccccc1Cl)C(=O)CN(c1ccc(F)cc1)S(=O)(=O)c1ccc2c(c1)OCCO2. The van der Waals surface area contributed by atoms with E-state index in [2.05, 4.69) is 5.32 Å². The van der Waals surface area contributed by atoms with E-state index in [1.54, 1.807) is 45.0 Å². The first kappa shape index (κ1) is 30.1. The number of amides is 2. The van der Waals surface area contributed by atoms with Crippen molar-refractivity contribution in [3.05, 3.63) is 83.1 Å². The van der Waals surface area contributed by atoms with Gasteiger partial charge >= 0.3 is 0 Å². The zero-order chi connectivity index (χ0) is 29.7. The van der Waals surface area contributed by atoms with Crippen LogP contribution < -0.4 is 19.1 Å². The standard InChI is InChI=1S/C29H31ClFN3O6S/c1-19(2)32-29(36)20(3)33(17-21-6-4-5-7-25(21)30)28(35)18-34(23-10-8-22(31)9-11-23)41(37,38)24-12-13-26-27(16-24)40-15-14-39-26/h4-13,16,19-20H,14-15,17-18H2,1-3H3,(H,32,36)/t20-/m1/s1. The van der Waals surface area contributed by atoms with E-state index in [4.69, 9.17) is 21.1 Å². The molecular formula is C29H31ClFN3O6S. The van der Waals surface area contributed by atoms with Crippen molar-refractivity contribution < 1.29 is 31.9 Å². The molecule has 0 saturated heterocycles. The summed E-state index contributed by atoms with van der Waals surface area (Å²) < 4.78 is 53.7. The molecule has 3 aromatic rings. The molecule has 1 aliphatic heterocycles. The number of nitrogens with zero attached hydrogens (tertiary/aromatic N) is 2. The molecule has 0 aromatic heterocycles. The molecule has 218 valence electrons. The number of carbonyl (C=O) groups is 2. The third kappa shape index (κ3) is 7.09. The van der Waals surface area contributed by atoms with E-state index in [1.165, 1.54) is 35.2 Å². The minimum atomic E-state index is -4.37. The van der Waals surface area contributed by atoms with Gasteiger partial charge in [0.2, 0.25) is 11.8 Å². The van der Waals surface area contributed by atoms with Crippen LogP contribution in [0.1, 0.15) is 26.3 Å². The number of carbonyl (C=O) groups excluding carboxylic acids is 2. The molecule has 0 fully saturated rings. The van der Waals surface area contributed by atoms with E-state index in [9.17, 15) is 22.4 Å². The van der Waals surface area contributed by atoms with Crippen LogP contribution >= 0.6 is 11.6 Å². The van der Waals surface area contributed by atoms with Crippen LogP contribution in [0.4, 0.5) is 10.1 Å². The molecule has 0 unspecified atom stereocenters. The zero-order valence-electron chi connectivity index (χ0n) is 22.8. The fraction of sp³-hybridized carbons (Fsp3) is 0.310. The van der Waals surface area contributed by atoms with Crippen molar-refractivity contribution in [3.63, 3.8) is 0 Å². The number of benzene rings is 3. The van der Waals surface area contributed by atoms with Gasteiger partial charge in [0, 0.05) is 23.7 Å². The lowest BCUT2D eigenvalue weighted by Crippen LogP contribution is -2.52. The van der Waals surface area contributed by atoms with Gasteiger partial charge < -0.3 is 19.7 Å². The van der Waals surface area contributed by atoms with E-state index in [1.807, 2.05) is 0 Å². The van der Waals surface area contributed by atoms with Gasteiger partial charge in [0.05, 0.1) is 10.6 Å². The lowest BCUT2D eigenvalue weighted by atomic mass is 10.1. The highest BCUT2D eigenvalue weighted by molar-refractivity contribution is 7.92. The topological polar surface area (TPSA) is 105 Å². The maximum atomic E-state index is 14.0.